The molecule has 0 aliphatic carbocycles. The number of rotatable bonds is 3. The molecule has 4 nitrogen and oxygen atoms in total. The van der Waals surface area contributed by atoms with Crippen LogP contribution in [0.15, 0.2) is 53.5 Å². The number of nitrogens with zero attached hydrogens (tertiary/aromatic N) is 2. The predicted molar refractivity (Wildman–Crippen MR) is 90.5 cm³/mol. The van der Waals surface area contributed by atoms with E-state index in [2.05, 4.69) is 24.3 Å². The van der Waals surface area contributed by atoms with Gasteiger partial charge in [0, 0.05) is 32.4 Å². The number of aryl methyl sites for hydroxylation is 1. The van der Waals surface area contributed by atoms with E-state index in [1.165, 1.54) is 16.2 Å². The summed E-state index contributed by atoms with van der Waals surface area (Å²) in [6, 6.07) is 13.6. The maximum Gasteiger partial charge on any atom is 0.255 e. The fraction of sp³-hybridized carbons (Fsp3) is 0.368. The molecule has 1 aliphatic rings. The van der Waals surface area contributed by atoms with E-state index in [1.54, 1.807) is 19.3 Å². The Morgan fingerprint density at radius 1 is 1.09 bits per heavy atom. The monoisotopic (exact) mass is 310 g/mol. The number of carbonyl (C=O) groups is 1. The predicted octanol–water partition coefficient (Wildman–Crippen LogP) is 2.48. The summed E-state index contributed by atoms with van der Waals surface area (Å²) in [6.07, 6.45) is 4.78. The number of likely N-dealkylation sites (tertiary alicyclic amines) is 1. The molecule has 1 amide bonds. The lowest BCUT2D eigenvalue weighted by molar-refractivity contribution is 0.0689. The molecule has 23 heavy (non-hydrogen) atoms. The Balaban J connectivity index is 1.59. The molecule has 4 heteroatoms. The lowest BCUT2D eigenvalue weighted by atomic mass is 9.90. The SMILES string of the molecule is Cn1cc(C(=O)N2CCC(Cc3ccccc3)CC2)ccc1=O. The Bertz CT molecular complexity index is 729. The largest absolute Gasteiger partial charge is 0.339 e. The first-order valence-corrected chi connectivity index (χ1v) is 8.13. The molecular weight excluding hydrogens is 288 g/mol. The van der Waals surface area contributed by atoms with Gasteiger partial charge in [0.2, 0.25) is 5.56 Å². The summed E-state index contributed by atoms with van der Waals surface area (Å²) in [7, 11) is 1.67. The van der Waals surface area contributed by atoms with E-state index < -0.39 is 0 Å². The zero-order valence-electron chi connectivity index (χ0n) is 13.4. The van der Waals surface area contributed by atoms with Gasteiger partial charge in [-0.3, -0.25) is 9.59 Å². The molecule has 0 N–H and O–H groups in total. The standard InChI is InChI=1S/C19H22N2O2/c1-20-14-17(7-8-18(20)22)19(23)21-11-9-16(10-12-21)13-15-5-3-2-4-6-15/h2-8,14,16H,9-13H2,1H3. The smallest absolute Gasteiger partial charge is 0.255 e. The molecule has 1 aromatic carbocycles. The van der Waals surface area contributed by atoms with Crippen LogP contribution in [0.4, 0.5) is 0 Å². The number of hydrogen-bond donors (Lipinski definition) is 0. The Morgan fingerprint density at radius 3 is 2.43 bits per heavy atom. The molecule has 0 unspecified atom stereocenters. The van der Waals surface area contributed by atoms with Crippen molar-refractivity contribution in [2.75, 3.05) is 13.1 Å². The van der Waals surface area contributed by atoms with E-state index in [-0.39, 0.29) is 11.5 Å². The van der Waals surface area contributed by atoms with Crippen molar-refractivity contribution in [3.63, 3.8) is 0 Å². The van der Waals surface area contributed by atoms with Gasteiger partial charge in [0.15, 0.2) is 0 Å². The van der Waals surface area contributed by atoms with Gasteiger partial charge >= 0.3 is 0 Å². The van der Waals surface area contributed by atoms with Crippen LogP contribution in [0.3, 0.4) is 0 Å². The van der Waals surface area contributed by atoms with Crippen LogP contribution in [-0.2, 0) is 13.5 Å². The summed E-state index contributed by atoms with van der Waals surface area (Å²) in [6.45, 7) is 1.58. The normalized spacial score (nSPS) is 15.6. The fourth-order valence-electron chi connectivity index (χ4n) is 3.19. The topological polar surface area (TPSA) is 42.3 Å². The highest BCUT2D eigenvalue weighted by Crippen LogP contribution is 2.22. The first-order chi connectivity index (χ1) is 11.1. The molecular formula is C19H22N2O2. The van der Waals surface area contributed by atoms with Crippen molar-refractivity contribution in [2.24, 2.45) is 13.0 Å². The van der Waals surface area contributed by atoms with Crippen LogP contribution in [0.1, 0.15) is 28.8 Å². The second kappa shape index (κ2) is 6.82. The third-order valence-corrected chi connectivity index (χ3v) is 4.60. The zero-order chi connectivity index (χ0) is 16.2. The molecule has 0 radical (unpaired) electrons. The number of amides is 1. The second-order valence-electron chi connectivity index (χ2n) is 6.29. The Hall–Kier alpha value is -2.36. The minimum Gasteiger partial charge on any atom is -0.339 e. The molecule has 120 valence electrons. The van der Waals surface area contributed by atoms with Gasteiger partial charge in [0.25, 0.3) is 5.91 Å². The highest BCUT2D eigenvalue weighted by molar-refractivity contribution is 5.93. The van der Waals surface area contributed by atoms with Gasteiger partial charge in [-0.25, -0.2) is 0 Å². The third-order valence-electron chi connectivity index (χ3n) is 4.60. The van der Waals surface area contributed by atoms with Gasteiger partial charge in [-0.05, 0) is 36.8 Å². The summed E-state index contributed by atoms with van der Waals surface area (Å²) in [5.74, 6) is 0.667. The minimum atomic E-state index is -0.0943. The fourth-order valence-corrected chi connectivity index (χ4v) is 3.19. The van der Waals surface area contributed by atoms with Gasteiger partial charge < -0.3 is 9.47 Å². The van der Waals surface area contributed by atoms with E-state index in [4.69, 9.17) is 0 Å². The van der Waals surface area contributed by atoms with Gasteiger partial charge in [0.05, 0.1) is 5.56 Å². The average Bonchev–Trinajstić information content (AvgIpc) is 2.58. The van der Waals surface area contributed by atoms with Crippen LogP contribution in [-0.4, -0.2) is 28.5 Å². The van der Waals surface area contributed by atoms with Crippen LogP contribution < -0.4 is 5.56 Å². The van der Waals surface area contributed by atoms with E-state index in [1.807, 2.05) is 11.0 Å². The van der Waals surface area contributed by atoms with Crippen LogP contribution in [0.25, 0.3) is 0 Å². The van der Waals surface area contributed by atoms with Gasteiger partial charge in [-0.1, -0.05) is 30.3 Å². The molecule has 2 aromatic rings. The molecule has 1 saturated heterocycles. The number of piperidine rings is 1. The van der Waals surface area contributed by atoms with Crippen molar-refractivity contribution in [3.8, 4) is 0 Å². The van der Waals surface area contributed by atoms with E-state index in [0.717, 1.165) is 32.4 Å². The molecule has 0 saturated carbocycles. The molecule has 1 aliphatic heterocycles. The summed E-state index contributed by atoms with van der Waals surface area (Å²) >= 11 is 0. The van der Waals surface area contributed by atoms with Crippen molar-refractivity contribution in [1.82, 2.24) is 9.47 Å². The summed E-state index contributed by atoms with van der Waals surface area (Å²) in [5, 5.41) is 0. The van der Waals surface area contributed by atoms with E-state index in [9.17, 15) is 9.59 Å². The number of benzene rings is 1. The van der Waals surface area contributed by atoms with Crippen molar-refractivity contribution in [1.29, 1.82) is 0 Å². The molecule has 0 atom stereocenters. The Morgan fingerprint density at radius 2 is 1.78 bits per heavy atom. The highest BCUT2D eigenvalue weighted by Gasteiger charge is 2.24. The van der Waals surface area contributed by atoms with Crippen LogP contribution in [0, 0.1) is 5.92 Å². The molecule has 3 rings (SSSR count). The van der Waals surface area contributed by atoms with Crippen molar-refractivity contribution in [3.05, 3.63) is 70.1 Å². The molecule has 2 heterocycles. The van der Waals surface area contributed by atoms with Crippen molar-refractivity contribution < 1.29 is 4.79 Å². The minimum absolute atomic E-state index is 0.0266. The summed E-state index contributed by atoms with van der Waals surface area (Å²) < 4.78 is 1.45. The van der Waals surface area contributed by atoms with Crippen molar-refractivity contribution >= 4 is 5.91 Å². The quantitative estimate of drug-likeness (QED) is 0.874. The van der Waals surface area contributed by atoms with Crippen molar-refractivity contribution in [2.45, 2.75) is 19.3 Å². The summed E-state index contributed by atoms with van der Waals surface area (Å²) in [5.41, 5.74) is 1.87. The molecule has 0 bridgehead atoms. The Kier molecular flexibility index (Phi) is 4.60. The Labute approximate surface area is 136 Å². The third kappa shape index (κ3) is 3.70. The number of carbonyl (C=O) groups excluding carboxylic acids is 1. The highest BCUT2D eigenvalue weighted by atomic mass is 16.2. The number of aromatic nitrogens is 1. The first-order valence-electron chi connectivity index (χ1n) is 8.13. The van der Waals surface area contributed by atoms with Crippen LogP contribution in [0.2, 0.25) is 0 Å². The lowest BCUT2D eigenvalue weighted by Gasteiger charge is -2.32. The van der Waals surface area contributed by atoms with Gasteiger partial charge in [-0.15, -0.1) is 0 Å². The molecule has 1 fully saturated rings. The molecule has 0 spiro atoms. The average molecular weight is 310 g/mol. The first kappa shape index (κ1) is 15.5. The maximum absolute atomic E-state index is 12.5. The van der Waals surface area contributed by atoms with Gasteiger partial charge in [-0.2, -0.15) is 0 Å². The maximum atomic E-state index is 12.5. The molecule has 1 aromatic heterocycles. The number of pyridine rings is 1. The van der Waals surface area contributed by atoms with E-state index >= 15 is 0 Å². The summed E-state index contributed by atoms with van der Waals surface area (Å²) in [4.78, 5) is 25.9. The second-order valence-corrected chi connectivity index (χ2v) is 6.29. The van der Waals surface area contributed by atoms with Gasteiger partial charge in [0.1, 0.15) is 0 Å². The van der Waals surface area contributed by atoms with Crippen LogP contribution in [0.5, 0.6) is 0 Å². The zero-order valence-corrected chi connectivity index (χ0v) is 13.4. The number of hydrogen-bond acceptors (Lipinski definition) is 2. The lowest BCUT2D eigenvalue weighted by Crippen LogP contribution is -2.39. The van der Waals surface area contributed by atoms with E-state index in [0.29, 0.717) is 11.5 Å². The van der Waals surface area contributed by atoms with Crippen LogP contribution >= 0.6 is 0 Å².